The quantitative estimate of drug-likeness (QED) is 0.270. The van der Waals surface area contributed by atoms with E-state index in [0.717, 1.165) is 5.56 Å². The van der Waals surface area contributed by atoms with Crippen molar-refractivity contribution in [2.75, 3.05) is 39.9 Å². The molecule has 1 aromatic carbocycles. The standard InChI is InChI=1S/C20H24ClF3N6O2/c1-28(13-25)19(26-8-2-7-20(22,23)24)30-11-16(29-9-10-32-12-17(29)31)18(27-30)14-3-5-15(21)6-4-14/h3-6,16,19,26H,2,7-12H2,1H3. The average Bonchev–Trinajstić information content (AvgIpc) is 3.18. The van der Waals surface area contributed by atoms with Gasteiger partial charge in [-0.3, -0.25) is 20.0 Å². The van der Waals surface area contributed by atoms with E-state index >= 15 is 0 Å². The maximum absolute atomic E-state index is 12.5. The van der Waals surface area contributed by atoms with Gasteiger partial charge >= 0.3 is 6.18 Å². The molecule has 174 valence electrons. The molecule has 0 saturated carbocycles. The fourth-order valence-corrected chi connectivity index (χ4v) is 3.78. The number of nitrogens with one attached hydrogen (secondary N) is 1. The molecule has 2 aliphatic heterocycles. The first-order valence-corrected chi connectivity index (χ1v) is 10.5. The Labute approximate surface area is 189 Å². The van der Waals surface area contributed by atoms with E-state index in [1.807, 2.05) is 6.19 Å². The summed E-state index contributed by atoms with van der Waals surface area (Å²) in [4.78, 5) is 15.5. The Morgan fingerprint density at radius 2 is 2.12 bits per heavy atom. The van der Waals surface area contributed by atoms with Gasteiger partial charge in [-0.1, -0.05) is 23.7 Å². The molecule has 1 N–H and O–H groups in total. The largest absolute Gasteiger partial charge is 0.389 e. The SMILES string of the molecule is CN(C#N)C(NCCCC(F)(F)F)N1CC(N2CCOCC2=O)C(c2ccc(Cl)cc2)=N1. The highest BCUT2D eigenvalue weighted by molar-refractivity contribution is 6.30. The number of nitriles is 1. The zero-order valence-corrected chi connectivity index (χ0v) is 18.2. The lowest BCUT2D eigenvalue weighted by Gasteiger charge is -2.35. The zero-order valence-electron chi connectivity index (χ0n) is 17.5. The predicted molar refractivity (Wildman–Crippen MR) is 111 cm³/mol. The van der Waals surface area contributed by atoms with E-state index in [-0.39, 0.29) is 32.0 Å². The molecule has 8 nitrogen and oxygen atoms in total. The van der Waals surface area contributed by atoms with Gasteiger partial charge in [0.1, 0.15) is 6.61 Å². The van der Waals surface area contributed by atoms with E-state index in [0.29, 0.717) is 23.9 Å². The Hall–Kier alpha value is -2.55. The summed E-state index contributed by atoms with van der Waals surface area (Å²) in [6, 6.07) is 6.62. The molecule has 1 fully saturated rings. The maximum atomic E-state index is 12.5. The van der Waals surface area contributed by atoms with Crippen LogP contribution in [0, 0.1) is 11.5 Å². The third-order valence-electron chi connectivity index (χ3n) is 5.22. The zero-order chi connectivity index (χ0) is 23.3. The summed E-state index contributed by atoms with van der Waals surface area (Å²) in [5, 5.41) is 19.2. The molecule has 2 aliphatic rings. The molecule has 32 heavy (non-hydrogen) atoms. The smallest absolute Gasteiger partial charge is 0.370 e. The van der Waals surface area contributed by atoms with Gasteiger partial charge in [0.05, 0.1) is 24.9 Å². The summed E-state index contributed by atoms with van der Waals surface area (Å²) in [6.45, 7) is 1.07. The number of hydrogen-bond acceptors (Lipinski definition) is 7. The first-order valence-electron chi connectivity index (χ1n) is 10.1. The molecule has 2 atom stereocenters. The molecule has 0 aromatic heterocycles. The number of hydrazone groups is 1. The van der Waals surface area contributed by atoms with Gasteiger partial charge in [-0.25, -0.2) is 0 Å². The number of hydrogen-bond donors (Lipinski definition) is 1. The second-order valence-corrected chi connectivity index (χ2v) is 7.96. The number of carbonyl (C=O) groups is 1. The first-order chi connectivity index (χ1) is 15.2. The van der Waals surface area contributed by atoms with Crippen LogP contribution < -0.4 is 5.32 Å². The monoisotopic (exact) mass is 472 g/mol. The molecule has 1 saturated heterocycles. The van der Waals surface area contributed by atoms with Gasteiger partial charge < -0.3 is 9.64 Å². The number of ether oxygens (including phenoxy) is 1. The molecule has 2 heterocycles. The van der Waals surface area contributed by atoms with Crippen molar-refractivity contribution in [3.63, 3.8) is 0 Å². The van der Waals surface area contributed by atoms with E-state index in [1.165, 1.54) is 11.9 Å². The van der Waals surface area contributed by atoms with Crippen LogP contribution in [0.2, 0.25) is 5.02 Å². The third-order valence-corrected chi connectivity index (χ3v) is 5.47. The van der Waals surface area contributed by atoms with Gasteiger partial charge in [-0.15, -0.1) is 0 Å². The van der Waals surface area contributed by atoms with Crippen LogP contribution in [-0.4, -0.2) is 84.8 Å². The fraction of sp³-hybridized carbons (Fsp3) is 0.550. The van der Waals surface area contributed by atoms with Crippen molar-refractivity contribution >= 4 is 23.2 Å². The molecule has 2 unspecified atom stereocenters. The highest BCUT2D eigenvalue weighted by atomic mass is 35.5. The minimum atomic E-state index is -4.24. The van der Waals surface area contributed by atoms with E-state index in [4.69, 9.17) is 16.3 Å². The molecule has 0 radical (unpaired) electrons. The normalized spacial score (nSPS) is 20.2. The number of halogens is 4. The maximum Gasteiger partial charge on any atom is 0.389 e. The van der Waals surface area contributed by atoms with Gasteiger partial charge in [0.25, 0.3) is 0 Å². The topological polar surface area (TPSA) is 84.2 Å². The number of rotatable bonds is 8. The van der Waals surface area contributed by atoms with Crippen LogP contribution in [0.1, 0.15) is 18.4 Å². The molecule has 0 spiro atoms. The Kier molecular flexibility index (Phi) is 7.82. The number of morpholine rings is 1. The van der Waals surface area contributed by atoms with E-state index < -0.39 is 24.9 Å². The first kappa shape index (κ1) is 24.1. The Morgan fingerprint density at radius 1 is 1.41 bits per heavy atom. The number of alkyl halides is 3. The lowest BCUT2D eigenvalue weighted by molar-refractivity contribution is -0.144. The summed E-state index contributed by atoms with van der Waals surface area (Å²) in [5.41, 5.74) is 1.38. The van der Waals surface area contributed by atoms with Crippen molar-refractivity contribution in [1.29, 1.82) is 5.26 Å². The van der Waals surface area contributed by atoms with Gasteiger partial charge in [-0.05, 0) is 25.1 Å². The highest BCUT2D eigenvalue weighted by Gasteiger charge is 2.39. The molecule has 1 aromatic rings. The molecular formula is C20H24ClF3N6O2. The third kappa shape index (κ3) is 6.03. The van der Waals surface area contributed by atoms with E-state index in [1.54, 1.807) is 34.2 Å². The molecule has 0 bridgehead atoms. The average molecular weight is 473 g/mol. The van der Waals surface area contributed by atoms with Crippen LogP contribution in [0.15, 0.2) is 29.4 Å². The van der Waals surface area contributed by atoms with Crippen LogP contribution in [0.25, 0.3) is 0 Å². The van der Waals surface area contributed by atoms with Crippen molar-refractivity contribution in [2.24, 2.45) is 5.10 Å². The number of amides is 1. The fourth-order valence-electron chi connectivity index (χ4n) is 3.66. The molecule has 1 amide bonds. The van der Waals surface area contributed by atoms with Gasteiger partial charge in [0.2, 0.25) is 5.91 Å². The van der Waals surface area contributed by atoms with Crippen molar-refractivity contribution in [2.45, 2.75) is 31.3 Å². The number of carbonyl (C=O) groups excluding carboxylic acids is 1. The Bertz CT molecular complexity index is 874. The van der Waals surface area contributed by atoms with Crippen LogP contribution in [0.4, 0.5) is 13.2 Å². The molecule has 0 aliphatic carbocycles. The minimum Gasteiger partial charge on any atom is -0.370 e. The van der Waals surface area contributed by atoms with Gasteiger partial charge in [0, 0.05) is 30.6 Å². The summed E-state index contributed by atoms with van der Waals surface area (Å²) in [5.74, 6) is -0.173. The van der Waals surface area contributed by atoms with Crippen LogP contribution in [-0.2, 0) is 9.53 Å². The molecule has 3 rings (SSSR count). The number of benzene rings is 1. The Morgan fingerprint density at radius 3 is 2.75 bits per heavy atom. The Balaban J connectivity index is 1.83. The second-order valence-electron chi connectivity index (χ2n) is 7.53. The molecular weight excluding hydrogens is 449 g/mol. The van der Waals surface area contributed by atoms with E-state index in [9.17, 15) is 23.2 Å². The summed E-state index contributed by atoms with van der Waals surface area (Å²) < 4.78 is 42.7. The van der Waals surface area contributed by atoms with E-state index in [2.05, 4.69) is 10.4 Å². The van der Waals surface area contributed by atoms with Crippen molar-refractivity contribution in [3.8, 4) is 6.19 Å². The van der Waals surface area contributed by atoms with Gasteiger partial charge in [-0.2, -0.15) is 23.5 Å². The summed E-state index contributed by atoms with van der Waals surface area (Å²) >= 11 is 6.00. The lowest BCUT2D eigenvalue weighted by Crippen LogP contribution is -2.56. The minimum absolute atomic E-state index is 0.0262. The van der Waals surface area contributed by atoms with Crippen molar-refractivity contribution < 1.29 is 22.7 Å². The molecule has 12 heteroatoms. The predicted octanol–water partition coefficient (Wildman–Crippen LogP) is 2.22. The van der Waals surface area contributed by atoms with Crippen LogP contribution in [0.5, 0.6) is 0 Å². The van der Waals surface area contributed by atoms with Crippen molar-refractivity contribution in [3.05, 3.63) is 34.9 Å². The van der Waals surface area contributed by atoms with Gasteiger partial charge in [0.15, 0.2) is 12.5 Å². The summed E-state index contributed by atoms with van der Waals surface area (Å²) in [6.07, 6.45) is -4.08. The lowest BCUT2D eigenvalue weighted by atomic mass is 10.0. The summed E-state index contributed by atoms with van der Waals surface area (Å²) in [7, 11) is 1.52. The number of nitrogens with zero attached hydrogens (tertiary/aromatic N) is 5. The highest BCUT2D eigenvalue weighted by Crippen LogP contribution is 2.24. The second kappa shape index (κ2) is 10.4. The van der Waals surface area contributed by atoms with Crippen LogP contribution >= 0.6 is 11.6 Å². The van der Waals surface area contributed by atoms with Crippen molar-refractivity contribution in [1.82, 2.24) is 20.1 Å². The van der Waals surface area contributed by atoms with Crippen LogP contribution in [0.3, 0.4) is 0 Å².